The van der Waals surface area contributed by atoms with Crippen LogP contribution in [0.1, 0.15) is 76.1 Å². The highest BCUT2D eigenvalue weighted by Gasteiger charge is 2.40. The minimum Gasteiger partial charge on any atom is -0.543 e. The van der Waals surface area contributed by atoms with Gasteiger partial charge >= 0.3 is 0 Å². The summed E-state index contributed by atoms with van der Waals surface area (Å²) in [5, 5.41) is 9.75. The van der Waals surface area contributed by atoms with E-state index in [9.17, 15) is 19.5 Å². The largest absolute Gasteiger partial charge is 0.543 e. The molecule has 49 heavy (non-hydrogen) atoms. The number of Topliss-reactive ketones (excluding diaryl/α,β-unsaturated/α-hetero) is 2. The van der Waals surface area contributed by atoms with Crippen molar-refractivity contribution >= 4 is 62.7 Å². The van der Waals surface area contributed by atoms with Gasteiger partial charge in [-0.25, -0.2) is 0 Å². The molecule has 0 saturated carbocycles. The number of methoxy groups -OCH3 is 1. The van der Waals surface area contributed by atoms with Gasteiger partial charge < -0.3 is 23.4 Å². The van der Waals surface area contributed by atoms with Gasteiger partial charge in [0.25, 0.3) is 8.32 Å². The lowest BCUT2D eigenvalue weighted by atomic mass is 9.99. The number of phenols is 1. The van der Waals surface area contributed by atoms with Crippen molar-refractivity contribution < 1.29 is 33.0 Å². The molecule has 4 aromatic rings. The van der Waals surface area contributed by atoms with Crippen molar-refractivity contribution in [3.05, 3.63) is 92.2 Å². The minimum atomic E-state index is -2.25. The summed E-state index contributed by atoms with van der Waals surface area (Å²) in [6.45, 7) is 18.5. The van der Waals surface area contributed by atoms with Crippen LogP contribution in [0.15, 0.2) is 74.3 Å². The molecule has 264 valence electrons. The Bertz CT molecular complexity index is 1840. The molecule has 0 aliphatic carbocycles. The highest BCUT2D eigenvalue weighted by Crippen LogP contribution is 2.40. The van der Waals surface area contributed by atoms with Crippen LogP contribution in [-0.2, 0) is 11.4 Å². The van der Waals surface area contributed by atoms with Crippen LogP contribution in [0, 0.1) is 5.92 Å². The highest BCUT2D eigenvalue weighted by molar-refractivity contribution is 9.10. The second-order valence-electron chi connectivity index (χ2n) is 13.9. The Kier molecular flexibility index (Phi) is 13.5. The van der Waals surface area contributed by atoms with Crippen LogP contribution in [0.5, 0.6) is 23.0 Å². The van der Waals surface area contributed by atoms with Crippen LogP contribution in [-0.4, -0.2) is 36.9 Å². The van der Waals surface area contributed by atoms with Crippen molar-refractivity contribution in [2.75, 3.05) is 7.11 Å². The lowest BCUT2D eigenvalue weighted by Crippen LogP contribution is -2.44. The van der Waals surface area contributed by atoms with Crippen molar-refractivity contribution in [3.8, 4) is 23.0 Å². The average Bonchev–Trinajstić information content (AvgIpc) is 3.04. The minimum absolute atomic E-state index is 0.0607. The molecular formula is C38H46Br2O8Si. The molecule has 0 saturated heterocycles. The fourth-order valence-corrected chi connectivity index (χ4v) is 6.86. The number of halogens is 2. The molecule has 11 heteroatoms. The second-order valence-corrected chi connectivity index (χ2v) is 20.3. The average molecular weight is 819 g/mol. The van der Waals surface area contributed by atoms with E-state index >= 15 is 0 Å². The summed E-state index contributed by atoms with van der Waals surface area (Å²) in [4.78, 5) is 36.7. The first-order valence-corrected chi connectivity index (χ1v) is 20.6. The van der Waals surface area contributed by atoms with E-state index in [2.05, 4.69) is 65.7 Å². The second kappa shape index (κ2) is 16.5. The number of rotatable bonds is 11. The third-order valence-corrected chi connectivity index (χ3v) is 14.3. The van der Waals surface area contributed by atoms with Crippen LogP contribution < -0.4 is 19.3 Å². The zero-order chi connectivity index (χ0) is 36.8. The van der Waals surface area contributed by atoms with Crippen molar-refractivity contribution in [1.29, 1.82) is 0 Å². The van der Waals surface area contributed by atoms with E-state index in [0.717, 1.165) is 11.3 Å². The van der Waals surface area contributed by atoms with Gasteiger partial charge in [-0.1, -0.05) is 76.5 Å². The number of carbonyl (C=O) groups is 2. The molecule has 0 aliphatic rings. The highest BCUT2D eigenvalue weighted by atomic mass is 79.9. The van der Waals surface area contributed by atoms with Gasteiger partial charge in [0.1, 0.15) is 50.2 Å². The molecule has 1 N–H and O–H groups in total. The van der Waals surface area contributed by atoms with Crippen LogP contribution in [0.4, 0.5) is 0 Å². The molecule has 0 fully saturated rings. The monoisotopic (exact) mass is 816 g/mol. The van der Waals surface area contributed by atoms with E-state index in [0.29, 0.717) is 44.9 Å². The van der Waals surface area contributed by atoms with Crippen LogP contribution in [0.25, 0.3) is 11.0 Å². The van der Waals surface area contributed by atoms with Gasteiger partial charge in [-0.2, -0.15) is 0 Å². The molecule has 0 bridgehead atoms. The number of alkyl halides is 1. The zero-order valence-electron chi connectivity index (χ0n) is 29.8. The molecule has 8 nitrogen and oxygen atoms in total. The Morgan fingerprint density at radius 3 is 2.10 bits per heavy atom. The van der Waals surface area contributed by atoms with E-state index in [1.54, 1.807) is 45.2 Å². The number of hydrogen-bond donors (Lipinski definition) is 1. The molecule has 0 spiro atoms. The molecule has 1 aromatic heterocycles. The molecule has 1 atom stereocenters. The third kappa shape index (κ3) is 10.1. The lowest BCUT2D eigenvalue weighted by molar-refractivity contribution is -0.120. The number of hydrogen-bond acceptors (Lipinski definition) is 8. The standard InChI is InChI=1S/C26H35BrO5Si.C12H11BrO3/c1-17(2)24(28)23(27)25(29)21-14-13-20(15-22(21)32-33(7,8)26(3,4)5)31-16-18-9-11-19(30-6)12-10-18;1-6(2)12-10(13)11(15)8-4-3-7(14)5-9(8)16-12/h9-15,17,23H,16H2,1-8H3;3-6,14H,1-2H3. The van der Waals surface area contributed by atoms with E-state index < -0.39 is 13.1 Å². The summed E-state index contributed by atoms with van der Waals surface area (Å²) in [7, 11) is -0.620. The number of aromatic hydroxyl groups is 1. The number of phenolic OH excluding ortho intramolecular Hbond substituents is 1. The van der Waals surface area contributed by atoms with Gasteiger partial charge in [0.2, 0.25) is 5.43 Å². The number of ether oxygens (including phenoxy) is 2. The van der Waals surface area contributed by atoms with Crippen molar-refractivity contribution in [3.63, 3.8) is 0 Å². The molecule has 0 amide bonds. The Morgan fingerprint density at radius 1 is 0.939 bits per heavy atom. The Hall–Kier alpha value is -3.41. The molecule has 3 aromatic carbocycles. The van der Waals surface area contributed by atoms with E-state index in [1.807, 2.05) is 38.1 Å². The fourth-order valence-electron chi connectivity index (χ4n) is 4.30. The maximum Gasteiger partial charge on any atom is 0.250 e. The van der Waals surface area contributed by atoms with Crippen LogP contribution >= 0.6 is 31.9 Å². The number of benzene rings is 3. The first-order chi connectivity index (χ1) is 22.8. The number of carbonyl (C=O) groups excluding carboxylic acids is 2. The molecule has 0 aliphatic heterocycles. The van der Waals surface area contributed by atoms with Gasteiger partial charge in [0.15, 0.2) is 11.6 Å². The quantitative estimate of drug-likeness (QED) is 0.0689. The summed E-state index contributed by atoms with van der Waals surface area (Å²) in [6.07, 6.45) is 0. The predicted octanol–water partition coefficient (Wildman–Crippen LogP) is 10.2. The van der Waals surface area contributed by atoms with Gasteiger partial charge in [-0.05, 0) is 76.0 Å². The molecule has 1 unspecified atom stereocenters. The maximum absolute atomic E-state index is 13.2. The summed E-state index contributed by atoms with van der Waals surface area (Å²) in [5.74, 6) is 1.92. The van der Waals surface area contributed by atoms with Crippen molar-refractivity contribution in [2.24, 2.45) is 5.92 Å². The van der Waals surface area contributed by atoms with Crippen molar-refractivity contribution in [2.45, 2.75) is 84.0 Å². The lowest BCUT2D eigenvalue weighted by Gasteiger charge is -2.37. The van der Waals surface area contributed by atoms with E-state index in [-0.39, 0.29) is 39.6 Å². The first-order valence-electron chi connectivity index (χ1n) is 16.0. The first kappa shape index (κ1) is 40.0. The van der Waals surface area contributed by atoms with Gasteiger partial charge in [0, 0.05) is 24.0 Å². The Balaban J connectivity index is 0.000000337. The summed E-state index contributed by atoms with van der Waals surface area (Å²) >= 11 is 6.56. The number of ketones is 2. The predicted molar refractivity (Wildman–Crippen MR) is 204 cm³/mol. The van der Waals surface area contributed by atoms with E-state index in [4.69, 9.17) is 18.3 Å². The third-order valence-electron chi connectivity index (χ3n) is 8.37. The molecule has 1 heterocycles. The summed E-state index contributed by atoms with van der Waals surface area (Å²) in [6, 6.07) is 17.3. The van der Waals surface area contributed by atoms with E-state index in [1.165, 1.54) is 12.1 Å². The van der Waals surface area contributed by atoms with Gasteiger partial charge in [-0.15, -0.1) is 0 Å². The fraction of sp³-hybridized carbons (Fsp3) is 0.395. The Morgan fingerprint density at radius 2 is 1.55 bits per heavy atom. The molecule has 4 rings (SSSR count). The van der Waals surface area contributed by atoms with Gasteiger partial charge in [-0.3, -0.25) is 14.4 Å². The topological polar surface area (TPSA) is 112 Å². The molecule has 0 radical (unpaired) electrons. The Labute approximate surface area is 306 Å². The number of fused-ring (bicyclic) bond motifs is 1. The zero-order valence-corrected chi connectivity index (χ0v) is 33.9. The summed E-state index contributed by atoms with van der Waals surface area (Å²) in [5.41, 5.74) is 1.68. The van der Waals surface area contributed by atoms with Crippen LogP contribution in [0.2, 0.25) is 18.1 Å². The smallest absolute Gasteiger partial charge is 0.250 e. The van der Waals surface area contributed by atoms with Crippen molar-refractivity contribution in [1.82, 2.24) is 0 Å². The van der Waals surface area contributed by atoms with Crippen LogP contribution in [0.3, 0.4) is 0 Å². The summed E-state index contributed by atoms with van der Waals surface area (Å²) < 4.78 is 23.8. The maximum atomic E-state index is 13.2. The SMILES string of the molecule is CC(C)c1oc2cc(O)ccc2c(=O)c1Br.COc1ccc(COc2ccc(C(=O)C(Br)C(=O)C(C)C)c(O[Si](C)(C)C(C)(C)C)c2)cc1. The van der Waals surface area contributed by atoms with Gasteiger partial charge in [0.05, 0.1) is 18.1 Å². The normalized spacial score (nSPS) is 12.4. The molecular weight excluding hydrogens is 772 g/mol.